The van der Waals surface area contributed by atoms with Crippen molar-refractivity contribution in [1.82, 2.24) is 0 Å². The first-order chi connectivity index (χ1) is 6.19. The Morgan fingerprint density at radius 3 is 2.77 bits per heavy atom. The number of methoxy groups -OCH3 is 1. The zero-order valence-corrected chi connectivity index (χ0v) is 8.18. The molecule has 0 heterocycles. The normalized spacial score (nSPS) is 9.46. The Kier molecular flexibility index (Phi) is 3.14. The molecule has 1 aromatic rings. The standard InChI is InChI=1S/C9H10ClNO2/c1-6-3-9(13-2)8(11-5-12)4-7(6)10/h3-5H,1-2H3,(H,11,12). The number of carbonyl (C=O) groups excluding carboxylic acids is 1. The molecule has 0 saturated heterocycles. The van der Waals surface area contributed by atoms with Gasteiger partial charge in [-0.1, -0.05) is 11.6 Å². The van der Waals surface area contributed by atoms with E-state index in [-0.39, 0.29) is 0 Å². The highest BCUT2D eigenvalue weighted by molar-refractivity contribution is 6.31. The summed E-state index contributed by atoms with van der Waals surface area (Å²) < 4.78 is 5.05. The van der Waals surface area contributed by atoms with Gasteiger partial charge in [-0.25, -0.2) is 0 Å². The monoisotopic (exact) mass is 199 g/mol. The second-order valence-electron chi connectivity index (χ2n) is 2.56. The van der Waals surface area contributed by atoms with Gasteiger partial charge in [0, 0.05) is 5.02 Å². The molecule has 1 rings (SSSR count). The summed E-state index contributed by atoms with van der Waals surface area (Å²) in [6, 6.07) is 3.43. The number of hydrogen-bond acceptors (Lipinski definition) is 2. The van der Waals surface area contributed by atoms with E-state index < -0.39 is 0 Å². The van der Waals surface area contributed by atoms with Gasteiger partial charge in [-0.3, -0.25) is 4.79 Å². The maximum absolute atomic E-state index is 10.2. The number of ether oxygens (including phenoxy) is 1. The first kappa shape index (κ1) is 9.86. The van der Waals surface area contributed by atoms with Crippen LogP contribution in [-0.2, 0) is 4.79 Å². The Bertz CT molecular complexity index is 326. The van der Waals surface area contributed by atoms with Crippen LogP contribution in [0.3, 0.4) is 0 Å². The predicted molar refractivity (Wildman–Crippen MR) is 52.4 cm³/mol. The lowest BCUT2D eigenvalue weighted by Crippen LogP contribution is -1.97. The van der Waals surface area contributed by atoms with Crippen molar-refractivity contribution in [2.24, 2.45) is 0 Å². The molecule has 0 aromatic heterocycles. The molecule has 0 atom stereocenters. The van der Waals surface area contributed by atoms with Crippen molar-refractivity contribution in [2.75, 3.05) is 12.4 Å². The van der Waals surface area contributed by atoms with Gasteiger partial charge in [-0.2, -0.15) is 0 Å². The number of amides is 1. The topological polar surface area (TPSA) is 38.3 Å². The molecular weight excluding hydrogens is 190 g/mol. The zero-order valence-electron chi connectivity index (χ0n) is 7.43. The van der Waals surface area contributed by atoms with E-state index in [0.29, 0.717) is 22.9 Å². The number of carbonyl (C=O) groups is 1. The Balaban J connectivity index is 3.15. The minimum absolute atomic E-state index is 0.577. The van der Waals surface area contributed by atoms with Crippen LogP contribution in [0.25, 0.3) is 0 Å². The fourth-order valence-electron chi connectivity index (χ4n) is 1.00. The lowest BCUT2D eigenvalue weighted by molar-refractivity contribution is -0.105. The third kappa shape index (κ3) is 2.12. The number of aryl methyl sites for hydroxylation is 1. The number of nitrogens with one attached hydrogen (secondary N) is 1. The van der Waals surface area contributed by atoms with E-state index in [1.165, 1.54) is 0 Å². The minimum atomic E-state index is 0.577. The van der Waals surface area contributed by atoms with E-state index in [4.69, 9.17) is 16.3 Å². The smallest absolute Gasteiger partial charge is 0.211 e. The van der Waals surface area contributed by atoms with Crippen molar-refractivity contribution < 1.29 is 9.53 Å². The molecule has 0 unspecified atom stereocenters. The van der Waals surface area contributed by atoms with E-state index in [0.717, 1.165) is 5.56 Å². The third-order valence-corrected chi connectivity index (χ3v) is 2.10. The largest absolute Gasteiger partial charge is 0.495 e. The van der Waals surface area contributed by atoms with Gasteiger partial charge < -0.3 is 10.1 Å². The molecule has 4 heteroatoms. The number of benzene rings is 1. The van der Waals surface area contributed by atoms with Gasteiger partial charge >= 0.3 is 0 Å². The number of hydrogen-bond donors (Lipinski definition) is 1. The second-order valence-corrected chi connectivity index (χ2v) is 2.97. The van der Waals surface area contributed by atoms with Crippen LogP contribution in [0.2, 0.25) is 5.02 Å². The Hall–Kier alpha value is -1.22. The SMILES string of the molecule is COc1cc(C)c(Cl)cc1NC=O. The molecule has 1 aromatic carbocycles. The summed E-state index contributed by atoms with van der Waals surface area (Å²) in [5.41, 5.74) is 1.49. The van der Waals surface area contributed by atoms with E-state index in [1.54, 1.807) is 19.2 Å². The minimum Gasteiger partial charge on any atom is -0.495 e. The molecule has 0 spiro atoms. The molecule has 0 aliphatic heterocycles. The van der Waals surface area contributed by atoms with Crippen LogP contribution in [0.4, 0.5) is 5.69 Å². The highest BCUT2D eigenvalue weighted by Crippen LogP contribution is 2.30. The van der Waals surface area contributed by atoms with Crippen molar-refractivity contribution >= 4 is 23.7 Å². The first-order valence-corrected chi connectivity index (χ1v) is 4.11. The molecule has 0 aliphatic rings. The van der Waals surface area contributed by atoms with Crippen LogP contribution in [0.5, 0.6) is 5.75 Å². The fourth-order valence-corrected chi connectivity index (χ4v) is 1.16. The molecule has 0 aliphatic carbocycles. The van der Waals surface area contributed by atoms with Crippen LogP contribution in [0.1, 0.15) is 5.56 Å². The van der Waals surface area contributed by atoms with E-state index in [1.807, 2.05) is 6.92 Å². The van der Waals surface area contributed by atoms with Gasteiger partial charge in [0.05, 0.1) is 12.8 Å². The molecule has 0 fully saturated rings. The van der Waals surface area contributed by atoms with Gasteiger partial charge in [-0.15, -0.1) is 0 Å². The van der Waals surface area contributed by atoms with E-state index in [9.17, 15) is 4.79 Å². The Labute approximate surface area is 81.7 Å². The van der Waals surface area contributed by atoms with Crippen LogP contribution in [0, 0.1) is 6.92 Å². The molecule has 0 radical (unpaired) electrons. The molecule has 0 bridgehead atoms. The van der Waals surface area contributed by atoms with Gasteiger partial charge in [0.25, 0.3) is 0 Å². The van der Waals surface area contributed by atoms with Crippen LogP contribution < -0.4 is 10.1 Å². The van der Waals surface area contributed by atoms with Crippen LogP contribution >= 0.6 is 11.6 Å². The third-order valence-electron chi connectivity index (χ3n) is 1.70. The van der Waals surface area contributed by atoms with Crippen molar-refractivity contribution in [1.29, 1.82) is 0 Å². The summed E-state index contributed by atoms with van der Waals surface area (Å²) in [6.45, 7) is 1.87. The van der Waals surface area contributed by atoms with Crippen LogP contribution in [-0.4, -0.2) is 13.5 Å². The van der Waals surface area contributed by atoms with Crippen LogP contribution in [0.15, 0.2) is 12.1 Å². The summed E-state index contributed by atoms with van der Waals surface area (Å²) in [5, 5.41) is 3.11. The van der Waals surface area contributed by atoms with E-state index >= 15 is 0 Å². The molecule has 3 nitrogen and oxygen atoms in total. The van der Waals surface area contributed by atoms with Gasteiger partial charge in [-0.05, 0) is 24.6 Å². The Morgan fingerprint density at radius 2 is 2.23 bits per heavy atom. The molecule has 0 saturated carbocycles. The molecule has 70 valence electrons. The maximum Gasteiger partial charge on any atom is 0.211 e. The maximum atomic E-state index is 10.2. The van der Waals surface area contributed by atoms with Gasteiger partial charge in [0.15, 0.2) is 0 Å². The fraction of sp³-hybridized carbons (Fsp3) is 0.222. The summed E-state index contributed by atoms with van der Waals surface area (Å²) >= 11 is 5.87. The molecular formula is C9H10ClNO2. The van der Waals surface area contributed by atoms with Crippen molar-refractivity contribution in [2.45, 2.75) is 6.92 Å². The Morgan fingerprint density at radius 1 is 1.54 bits per heavy atom. The first-order valence-electron chi connectivity index (χ1n) is 3.73. The zero-order chi connectivity index (χ0) is 9.84. The lowest BCUT2D eigenvalue weighted by Gasteiger charge is -2.09. The van der Waals surface area contributed by atoms with Gasteiger partial charge in [0.2, 0.25) is 6.41 Å². The summed E-state index contributed by atoms with van der Waals surface area (Å²) in [4.78, 5) is 10.2. The lowest BCUT2D eigenvalue weighted by atomic mass is 10.2. The number of anilines is 1. The van der Waals surface area contributed by atoms with E-state index in [2.05, 4.69) is 5.32 Å². The average Bonchev–Trinajstić information content (AvgIpc) is 2.11. The summed E-state index contributed by atoms with van der Waals surface area (Å²) in [6.07, 6.45) is 0.587. The molecule has 1 N–H and O–H groups in total. The summed E-state index contributed by atoms with van der Waals surface area (Å²) in [7, 11) is 1.54. The predicted octanol–water partition coefficient (Wildman–Crippen LogP) is 2.23. The van der Waals surface area contributed by atoms with Crippen molar-refractivity contribution in [3.63, 3.8) is 0 Å². The number of rotatable bonds is 3. The number of halogens is 1. The highest BCUT2D eigenvalue weighted by Gasteiger charge is 2.05. The average molecular weight is 200 g/mol. The van der Waals surface area contributed by atoms with Gasteiger partial charge in [0.1, 0.15) is 5.75 Å². The quantitative estimate of drug-likeness (QED) is 0.759. The molecule has 13 heavy (non-hydrogen) atoms. The molecule has 1 amide bonds. The van der Waals surface area contributed by atoms with Crippen molar-refractivity contribution in [3.8, 4) is 5.75 Å². The highest BCUT2D eigenvalue weighted by atomic mass is 35.5. The van der Waals surface area contributed by atoms with Crippen molar-refractivity contribution in [3.05, 3.63) is 22.7 Å². The summed E-state index contributed by atoms with van der Waals surface area (Å²) in [5.74, 6) is 0.606. The second kappa shape index (κ2) is 4.14.